The molecule has 0 saturated carbocycles. The van der Waals surface area contributed by atoms with E-state index in [4.69, 9.17) is 4.74 Å². The van der Waals surface area contributed by atoms with Crippen LogP contribution in [0.2, 0.25) is 0 Å². The number of pyridine rings is 1. The zero-order valence-corrected chi connectivity index (χ0v) is 13.4. The van der Waals surface area contributed by atoms with Crippen LogP contribution in [0.4, 0.5) is 0 Å². The number of aromatic nitrogens is 1. The summed E-state index contributed by atoms with van der Waals surface area (Å²) in [6, 6.07) is 8.20. The lowest BCUT2D eigenvalue weighted by molar-refractivity contribution is 0.455. The van der Waals surface area contributed by atoms with Crippen LogP contribution in [-0.2, 0) is 6.54 Å². The predicted molar refractivity (Wildman–Crippen MR) is 87.0 cm³/mol. The number of ether oxygens (including phenoxy) is 1. The van der Waals surface area contributed by atoms with Crippen LogP contribution in [0, 0.1) is 20.8 Å². The molecule has 0 saturated heterocycles. The number of rotatable bonds is 6. The average Bonchev–Trinajstić information content (AvgIpc) is 2.49. The highest BCUT2D eigenvalue weighted by atomic mass is 16.5. The van der Waals surface area contributed by atoms with Crippen LogP contribution in [0.1, 0.15) is 35.6 Å². The van der Waals surface area contributed by atoms with Gasteiger partial charge in [0.1, 0.15) is 5.75 Å². The zero-order chi connectivity index (χ0) is 15.2. The Morgan fingerprint density at radius 2 is 1.81 bits per heavy atom. The molecule has 1 aromatic carbocycles. The first-order valence-corrected chi connectivity index (χ1v) is 7.52. The first-order chi connectivity index (χ1) is 10.1. The van der Waals surface area contributed by atoms with Gasteiger partial charge in [0.15, 0.2) is 0 Å². The molecular weight excluding hydrogens is 260 g/mol. The van der Waals surface area contributed by atoms with Gasteiger partial charge in [-0.2, -0.15) is 0 Å². The van der Waals surface area contributed by atoms with Crippen LogP contribution in [0.15, 0.2) is 30.5 Å². The molecule has 0 aliphatic rings. The minimum absolute atomic E-state index is 0.644. The molecule has 3 heteroatoms. The predicted octanol–water partition coefficient (Wildman–Crippen LogP) is 4.30. The van der Waals surface area contributed by atoms with Crippen molar-refractivity contribution >= 4 is 0 Å². The minimum Gasteiger partial charge on any atom is -0.438 e. The fourth-order valence-corrected chi connectivity index (χ4v) is 2.17. The van der Waals surface area contributed by atoms with E-state index >= 15 is 0 Å². The van der Waals surface area contributed by atoms with E-state index in [1.807, 2.05) is 12.3 Å². The zero-order valence-electron chi connectivity index (χ0n) is 13.4. The summed E-state index contributed by atoms with van der Waals surface area (Å²) in [7, 11) is 0. The summed E-state index contributed by atoms with van der Waals surface area (Å²) in [5.74, 6) is 1.56. The lowest BCUT2D eigenvalue weighted by Crippen LogP contribution is -2.13. The maximum absolute atomic E-state index is 5.97. The molecule has 3 nitrogen and oxygen atoms in total. The molecule has 0 bridgehead atoms. The van der Waals surface area contributed by atoms with Crippen molar-refractivity contribution in [2.45, 2.75) is 40.7 Å². The lowest BCUT2D eigenvalue weighted by atomic mass is 10.1. The number of benzene rings is 1. The Morgan fingerprint density at radius 1 is 1.05 bits per heavy atom. The highest BCUT2D eigenvalue weighted by Crippen LogP contribution is 2.29. The summed E-state index contributed by atoms with van der Waals surface area (Å²) in [5.41, 5.74) is 4.71. The smallest absolute Gasteiger partial charge is 0.219 e. The Kier molecular flexibility index (Phi) is 5.34. The molecule has 0 spiro atoms. The van der Waals surface area contributed by atoms with Gasteiger partial charge in [-0.25, -0.2) is 4.98 Å². The fraction of sp³-hybridized carbons (Fsp3) is 0.389. The highest BCUT2D eigenvalue weighted by Gasteiger charge is 2.08. The van der Waals surface area contributed by atoms with Crippen LogP contribution < -0.4 is 10.1 Å². The van der Waals surface area contributed by atoms with E-state index in [1.54, 1.807) is 0 Å². The van der Waals surface area contributed by atoms with Crippen molar-refractivity contribution in [3.63, 3.8) is 0 Å². The van der Waals surface area contributed by atoms with Gasteiger partial charge in [-0.05, 0) is 56.0 Å². The summed E-state index contributed by atoms with van der Waals surface area (Å²) < 4.78 is 5.97. The molecule has 0 radical (unpaired) electrons. The lowest BCUT2D eigenvalue weighted by Gasteiger charge is -2.13. The number of nitrogens with zero attached hydrogens (tertiary/aromatic N) is 1. The van der Waals surface area contributed by atoms with Crippen molar-refractivity contribution in [2.75, 3.05) is 6.54 Å². The van der Waals surface area contributed by atoms with Gasteiger partial charge >= 0.3 is 0 Å². The van der Waals surface area contributed by atoms with Gasteiger partial charge in [-0.1, -0.05) is 25.1 Å². The molecular formula is C18H24N2O. The summed E-state index contributed by atoms with van der Waals surface area (Å²) in [4.78, 5) is 4.40. The molecule has 0 atom stereocenters. The highest BCUT2D eigenvalue weighted by molar-refractivity contribution is 5.46. The van der Waals surface area contributed by atoms with E-state index < -0.39 is 0 Å². The summed E-state index contributed by atoms with van der Waals surface area (Å²) in [6.45, 7) is 10.3. The third kappa shape index (κ3) is 4.05. The van der Waals surface area contributed by atoms with E-state index in [0.717, 1.165) is 30.8 Å². The molecule has 0 amide bonds. The van der Waals surface area contributed by atoms with E-state index in [0.29, 0.717) is 5.88 Å². The summed E-state index contributed by atoms with van der Waals surface area (Å²) in [5, 5.41) is 3.37. The van der Waals surface area contributed by atoms with E-state index in [1.165, 1.54) is 16.7 Å². The SMILES string of the molecule is CCCNCc1ccc(Oc2c(C)ccc(C)c2C)nc1. The Morgan fingerprint density at radius 3 is 2.48 bits per heavy atom. The van der Waals surface area contributed by atoms with E-state index in [9.17, 15) is 0 Å². The van der Waals surface area contributed by atoms with Gasteiger partial charge in [0.25, 0.3) is 0 Å². The van der Waals surface area contributed by atoms with Crippen LogP contribution in [0.3, 0.4) is 0 Å². The van der Waals surface area contributed by atoms with Crippen LogP contribution in [0.25, 0.3) is 0 Å². The quantitative estimate of drug-likeness (QED) is 0.803. The van der Waals surface area contributed by atoms with Crippen molar-refractivity contribution in [1.82, 2.24) is 10.3 Å². The first kappa shape index (κ1) is 15.5. The molecule has 2 rings (SSSR count). The Bertz CT molecular complexity index is 591. The number of nitrogens with one attached hydrogen (secondary N) is 1. The molecule has 0 aliphatic heterocycles. The average molecular weight is 284 g/mol. The third-order valence-electron chi connectivity index (χ3n) is 3.63. The number of hydrogen-bond acceptors (Lipinski definition) is 3. The second-order valence-electron chi connectivity index (χ2n) is 5.44. The first-order valence-electron chi connectivity index (χ1n) is 7.52. The van der Waals surface area contributed by atoms with Gasteiger partial charge in [0, 0.05) is 18.8 Å². The van der Waals surface area contributed by atoms with E-state index in [2.05, 4.69) is 56.2 Å². The Hall–Kier alpha value is -1.87. The monoisotopic (exact) mass is 284 g/mol. The second-order valence-corrected chi connectivity index (χ2v) is 5.44. The maximum atomic E-state index is 5.97. The largest absolute Gasteiger partial charge is 0.438 e. The van der Waals surface area contributed by atoms with Crippen molar-refractivity contribution in [3.8, 4) is 11.6 Å². The molecule has 21 heavy (non-hydrogen) atoms. The molecule has 2 aromatic rings. The van der Waals surface area contributed by atoms with Gasteiger partial charge in [0.05, 0.1) is 0 Å². The van der Waals surface area contributed by atoms with Crippen molar-refractivity contribution in [2.24, 2.45) is 0 Å². The summed E-state index contributed by atoms with van der Waals surface area (Å²) in [6.07, 6.45) is 3.01. The van der Waals surface area contributed by atoms with Crippen molar-refractivity contribution in [3.05, 3.63) is 52.7 Å². The van der Waals surface area contributed by atoms with Crippen LogP contribution >= 0.6 is 0 Å². The molecule has 0 aliphatic carbocycles. The Balaban J connectivity index is 2.09. The normalized spacial score (nSPS) is 10.7. The number of hydrogen-bond donors (Lipinski definition) is 1. The van der Waals surface area contributed by atoms with Gasteiger partial charge < -0.3 is 10.1 Å². The maximum Gasteiger partial charge on any atom is 0.219 e. The molecule has 1 N–H and O–H groups in total. The van der Waals surface area contributed by atoms with Gasteiger partial charge in [-0.15, -0.1) is 0 Å². The molecule has 112 valence electrons. The number of aryl methyl sites for hydroxylation is 2. The summed E-state index contributed by atoms with van der Waals surface area (Å²) >= 11 is 0. The minimum atomic E-state index is 0.644. The second kappa shape index (κ2) is 7.23. The van der Waals surface area contributed by atoms with E-state index in [-0.39, 0.29) is 0 Å². The van der Waals surface area contributed by atoms with Crippen LogP contribution in [-0.4, -0.2) is 11.5 Å². The topological polar surface area (TPSA) is 34.1 Å². The van der Waals surface area contributed by atoms with Gasteiger partial charge in [0.2, 0.25) is 5.88 Å². The third-order valence-corrected chi connectivity index (χ3v) is 3.63. The van der Waals surface area contributed by atoms with Crippen LogP contribution in [0.5, 0.6) is 11.6 Å². The molecule has 1 aromatic heterocycles. The van der Waals surface area contributed by atoms with Gasteiger partial charge in [-0.3, -0.25) is 0 Å². The van der Waals surface area contributed by atoms with Crippen molar-refractivity contribution < 1.29 is 4.74 Å². The Labute approximate surface area is 127 Å². The molecule has 0 unspecified atom stereocenters. The fourth-order valence-electron chi connectivity index (χ4n) is 2.17. The standard InChI is InChI=1S/C18H24N2O/c1-5-10-19-11-16-8-9-17(20-12-16)21-18-14(3)7-6-13(2)15(18)4/h6-9,12,19H,5,10-11H2,1-4H3. The van der Waals surface area contributed by atoms with Crippen molar-refractivity contribution in [1.29, 1.82) is 0 Å². The molecule has 1 heterocycles. The molecule has 0 fully saturated rings.